The van der Waals surface area contributed by atoms with E-state index in [4.69, 9.17) is 4.52 Å². The van der Waals surface area contributed by atoms with E-state index in [1.54, 1.807) is 10.4 Å². The number of rotatable bonds is 5. The van der Waals surface area contributed by atoms with E-state index in [1.165, 1.54) is 11.8 Å². The summed E-state index contributed by atoms with van der Waals surface area (Å²) in [4.78, 5) is 0. The van der Waals surface area contributed by atoms with Gasteiger partial charge in [0.15, 0.2) is 0 Å². The number of nitrogens with zero attached hydrogens (tertiary/aromatic N) is 2. The lowest BCUT2D eigenvalue weighted by atomic mass is 9.92. The highest BCUT2D eigenvalue weighted by Crippen LogP contribution is 2.35. The van der Waals surface area contributed by atoms with Gasteiger partial charge in [-0.3, -0.25) is 0 Å². The van der Waals surface area contributed by atoms with Crippen molar-refractivity contribution < 1.29 is 12.9 Å². The number of aromatic nitrogens is 1. The molecule has 0 bridgehead atoms. The van der Waals surface area contributed by atoms with E-state index in [-0.39, 0.29) is 11.8 Å². The highest BCUT2D eigenvalue weighted by atomic mass is 32.2. The van der Waals surface area contributed by atoms with Crippen molar-refractivity contribution in [3.63, 3.8) is 0 Å². The Labute approximate surface area is 131 Å². The van der Waals surface area contributed by atoms with E-state index >= 15 is 0 Å². The molecule has 1 aliphatic rings. The highest BCUT2D eigenvalue weighted by molar-refractivity contribution is 7.88. The number of sulfonamides is 1. The fraction of sp³-hybridized carbons (Fsp3) is 0.438. The third kappa shape index (κ3) is 2.94. The number of hydrogen-bond donors (Lipinski definition) is 0. The Morgan fingerprint density at radius 1 is 1.32 bits per heavy atom. The van der Waals surface area contributed by atoms with Crippen molar-refractivity contribution in [1.29, 1.82) is 0 Å². The summed E-state index contributed by atoms with van der Waals surface area (Å²) >= 11 is 0. The van der Waals surface area contributed by atoms with E-state index in [9.17, 15) is 8.42 Å². The summed E-state index contributed by atoms with van der Waals surface area (Å²) in [5.74, 6) is -0.105. The zero-order valence-corrected chi connectivity index (χ0v) is 13.4. The molecule has 1 atom stereocenters. The van der Waals surface area contributed by atoms with Gasteiger partial charge in [-0.15, -0.1) is 0 Å². The summed E-state index contributed by atoms with van der Waals surface area (Å²) in [7, 11) is -3.41. The second kappa shape index (κ2) is 6.22. The lowest BCUT2D eigenvalue weighted by molar-refractivity contribution is 0.291. The van der Waals surface area contributed by atoms with Crippen LogP contribution in [0.5, 0.6) is 0 Å². The molecular weight excluding hydrogens is 300 g/mol. The first-order valence-electron chi connectivity index (χ1n) is 7.58. The lowest BCUT2D eigenvalue weighted by Crippen LogP contribution is -2.40. The van der Waals surface area contributed by atoms with E-state index in [0.717, 1.165) is 24.8 Å². The van der Waals surface area contributed by atoms with Crippen LogP contribution in [0.25, 0.3) is 0 Å². The van der Waals surface area contributed by atoms with Gasteiger partial charge < -0.3 is 4.52 Å². The molecule has 1 unspecified atom stereocenters. The Morgan fingerprint density at radius 2 is 2.14 bits per heavy atom. The van der Waals surface area contributed by atoms with Gasteiger partial charge in [-0.2, -0.15) is 4.31 Å². The molecule has 1 aromatic heterocycles. The van der Waals surface area contributed by atoms with Crippen molar-refractivity contribution in [3.05, 3.63) is 53.4 Å². The van der Waals surface area contributed by atoms with Crippen LogP contribution in [-0.2, 0) is 22.2 Å². The van der Waals surface area contributed by atoms with Crippen molar-refractivity contribution >= 4 is 10.0 Å². The maximum atomic E-state index is 12.8. The predicted octanol–water partition coefficient (Wildman–Crippen LogP) is 2.90. The average Bonchev–Trinajstić information content (AvgIpc) is 3.00. The smallest absolute Gasteiger partial charge is 0.220 e. The second-order valence-electron chi connectivity index (χ2n) is 5.61. The Kier molecular flexibility index (Phi) is 4.31. The van der Waals surface area contributed by atoms with Crippen molar-refractivity contribution in [2.45, 2.75) is 38.0 Å². The van der Waals surface area contributed by atoms with Crippen LogP contribution in [-0.4, -0.2) is 24.4 Å². The average molecular weight is 320 g/mol. The van der Waals surface area contributed by atoms with Crippen molar-refractivity contribution in [3.8, 4) is 0 Å². The molecule has 0 amide bonds. The molecule has 5 nitrogen and oxygen atoms in total. The van der Waals surface area contributed by atoms with Crippen molar-refractivity contribution in [1.82, 2.24) is 9.46 Å². The number of benzene rings is 1. The standard InChI is InChI=1S/C16H20N2O3S/c1-2-5-16-15-7-4-3-6-13(15)8-10-18(16)22(19,20)12-14-9-11-21-17-14/h3-4,6-7,9,11,16H,2,5,8,10,12H2,1H3. The molecular formula is C16H20N2O3S. The molecule has 2 aromatic rings. The molecule has 0 saturated heterocycles. The van der Waals surface area contributed by atoms with E-state index < -0.39 is 10.0 Å². The molecule has 1 aliphatic heterocycles. The maximum absolute atomic E-state index is 12.8. The van der Waals surface area contributed by atoms with Gasteiger partial charge >= 0.3 is 0 Å². The van der Waals surface area contributed by atoms with Crippen LogP contribution in [0.3, 0.4) is 0 Å². The summed E-state index contributed by atoms with van der Waals surface area (Å²) in [6, 6.07) is 9.67. The van der Waals surface area contributed by atoms with Gasteiger partial charge in [0.05, 0.1) is 5.69 Å². The molecule has 1 aromatic carbocycles. The summed E-state index contributed by atoms with van der Waals surface area (Å²) in [6.07, 6.45) is 3.93. The number of hydrogen-bond acceptors (Lipinski definition) is 4. The van der Waals surface area contributed by atoms with E-state index in [2.05, 4.69) is 18.1 Å². The van der Waals surface area contributed by atoms with Crippen LogP contribution in [0.1, 0.15) is 42.6 Å². The largest absolute Gasteiger partial charge is 0.364 e. The van der Waals surface area contributed by atoms with Gasteiger partial charge in [0.25, 0.3) is 0 Å². The molecule has 0 radical (unpaired) electrons. The van der Waals surface area contributed by atoms with Gasteiger partial charge in [0, 0.05) is 18.7 Å². The number of fused-ring (bicyclic) bond motifs is 1. The van der Waals surface area contributed by atoms with Crippen LogP contribution in [0, 0.1) is 0 Å². The third-order valence-corrected chi connectivity index (χ3v) is 5.92. The van der Waals surface area contributed by atoms with Crippen LogP contribution >= 0.6 is 0 Å². The SMILES string of the molecule is CCCC1c2ccccc2CCN1S(=O)(=O)Cc1ccon1. The molecule has 3 rings (SSSR count). The van der Waals surface area contributed by atoms with E-state index in [1.807, 2.05) is 18.2 Å². The normalized spacial score (nSPS) is 19.0. The first-order valence-corrected chi connectivity index (χ1v) is 9.19. The zero-order chi connectivity index (χ0) is 15.6. The minimum Gasteiger partial charge on any atom is -0.364 e. The van der Waals surface area contributed by atoms with Gasteiger partial charge in [-0.1, -0.05) is 42.8 Å². The third-order valence-electron chi connectivity index (χ3n) is 4.10. The molecule has 0 fully saturated rings. The minimum atomic E-state index is -3.41. The van der Waals surface area contributed by atoms with Gasteiger partial charge in [-0.05, 0) is 24.0 Å². The van der Waals surface area contributed by atoms with Gasteiger partial charge in [0.1, 0.15) is 12.0 Å². The predicted molar refractivity (Wildman–Crippen MR) is 83.6 cm³/mol. The zero-order valence-electron chi connectivity index (χ0n) is 12.6. The second-order valence-corrected chi connectivity index (χ2v) is 7.53. The summed E-state index contributed by atoms with van der Waals surface area (Å²) in [5.41, 5.74) is 2.85. The minimum absolute atomic E-state index is 0.0770. The highest BCUT2D eigenvalue weighted by Gasteiger charge is 2.35. The van der Waals surface area contributed by atoms with Crippen molar-refractivity contribution in [2.75, 3.05) is 6.54 Å². The molecule has 22 heavy (non-hydrogen) atoms. The van der Waals surface area contributed by atoms with E-state index in [0.29, 0.717) is 12.2 Å². The Hall–Kier alpha value is -1.66. The summed E-state index contributed by atoms with van der Waals surface area (Å²) in [5, 5.41) is 3.73. The fourth-order valence-electron chi connectivity index (χ4n) is 3.12. The summed E-state index contributed by atoms with van der Waals surface area (Å²) < 4.78 is 32.0. The fourth-order valence-corrected chi connectivity index (χ4v) is 4.78. The first kappa shape index (κ1) is 15.2. The Balaban J connectivity index is 1.92. The maximum Gasteiger partial charge on any atom is 0.220 e. The Morgan fingerprint density at radius 3 is 2.86 bits per heavy atom. The van der Waals surface area contributed by atoms with Crippen LogP contribution in [0.2, 0.25) is 0 Å². The molecule has 2 heterocycles. The first-order chi connectivity index (χ1) is 10.6. The molecule has 0 saturated carbocycles. The molecule has 6 heteroatoms. The van der Waals surface area contributed by atoms with Crippen LogP contribution in [0.15, 0.2) is 41.1 Å². The molecule has 0 N–H and O–H groups in total. The summed E-state index contributed by atoms with van der Waals surface area (Å²) in [6.45, 7) is 2.61. The van der Waals surface area contributed by atoms with Crippen molar-refractivity contribution in [2.24, 2.45) is 0 Å². The Bertz CT molecular complexity index is 726. The quantitative estimate of drug-likeness (QED) is 0.850. The van der Waals surface area contributed by atoms with Gasteiger partial charge in [0.2, 0.25) is 10.0 Å². The van der Waals surface area contributed by atoms with Gasteiger partial charge in [-0.25, -0.2) is 8.42 Å². The topological polar surface area (TPSA) is 63.4 Å². The van der Waals surface area contributed by atoms with Crippen LogP contribution in [0.4, 0.5) is 0 Å². The monoisotopic (exact) mass is 320 g/mol. The molecule has 0 spiro atoms. The lowest BCUT2D eigenvalue weighted by Gasteiger charge is -2.36. The molecule has 118 valence electrons. The molecule has 0 aliphatic carbocycles. The van der Waals surface area contributed by atoms with Crippen LogP contribution < -0.4 is 0 Å².